The Kier molecular flexibility index (Phi) is 6.04. The second kappa shape index (κ2) is 8.65. The summed E-state index contributed by atoms with van der Waals surface area (Å²) in [6.45, 7) is 1.42. The Morgan fingerprint density at radius 3 is 1.40 bits per heavy atom. The van der Waals surface area contributed by atoms with Crippen LogP contribution in [-0.4, -0.2) is 13.2 Å². The van der Waals surface area contributed by atoms with Gasteiger partial charge in [-0.25, -0.2) is 0 Å². The highest BCUT2D eigenvalue weighted by molar-refractivity contribution is 5.79. The Morgan fingerprint density at radius 1 is 0.560 bits per heavy atom. The first kappa shape index (κ1) is 17.5. The fourth-order valence-electron chi connectivity index (χ4n) is 3.21. The van der Waals surface area contributed by atoms with E-state index >= 15 is 0 Å². The first-order valence-electron chi connectivity index (χ1n) is 9.29. The molecule has 0 spiro atoms. The molecule has 4 nitrogen and oxygen atoms in total. The molecule has 0 atom stereocenters. The molecule has 25 heavy (non-hydrogen) atoms. The topological polar surface area (TPSA) is 70.5 Å². The van der Waals surface area contributed by atoms with Crippen molar-refractivity contribution in [2.45, 2.75) is 44.9 Å². The predicted molar refractivity (Wildman–Crippen MR) is 104 cm³/mol. The maximum atomic E-state index is 6.06. The third-order valence-corrected chi connectivity index (χ3v) is 4.61. The van der Waals surface area contributed by atoms with Crippen LogP contribution in [0.4, 0.5) is 11.4 Å². The molecule has 0 bridgehead atoms. The van der Waals surface area contributed by atoms with Gasteiger partial charge in [0.05, 0.1) is 13.2 Å². The minimum absolute atomic E-state index is 0.703. The van der Waals surface area contributed by atoms with Gasteiger partial charge < -0.3 is 20.9 Å². The standard InChI is InChI=1S/C21H28N2O2/c22-16-8-10-18-19-11-9-17(23)15-21(19)25-13-7-5-3-1-2-4-6-12-24-20(18)14-16/h8-11,14-15H,1-7,12-13,22-23H2. The van der Waals surface area contributed by atoms with Gasteiger partial charge in [0.25, 0.3) is 0 Å². The lowest BCUT2D eigenvalue weighted by Crippen LogP contribution is -2.02. The van der Waals surface area contributed by atoms with Gasteiger partial charge in [0.2, 0.25) is 0 Å². The molecule has 0 saturated carbocycles. The molecule has 0 unspecified atom stereocenters. The van der Waals surface area contributed by atoms with E-state index in [2.05, 4.69) is 0 Å². The summed E-state index contributed by atoms with van der Waals surface area (Å²) in [5, 5.41) is 0. The monoisotopic (exact) mass is 340 g/mol. The highest BCUT2D eigenvalue weighted by Gasteiger charge is 2.13. The number of fused-ring (bicyclic) bond motifs is 3. The van der Waals surface area contributed by atoms with E-state index in [0.717, 1.165) is 35.5 Å². The minimum atomic E-state index is 0.703. The number of hydrogen-bond donors (Lipinski definition) is 2. The molecule has 0 amide bonds. The predicted octanol–water partition coefficient (Wildman–Crippen LogP) is 5.02. The van der Waals surface area contributed by atoms with Crippen molar-refractivity contribution in [3.63, 3.8) is 0 Å². The molecule has 0 saturated heterocycles. The maximum absolute atomic E-state index is 6.06. The summed E-state index contributed by atoms with van der Waals surface area (Å²) in [7, 11) is 0. The van der Waals surface area contributed by atoms with Gasteiger partial charge in [-0.2, -0.15) is 0 Å². The van der Waals surface area contributed by atoms with Gasteiger partial charge in [0, 0.05) is 34.6 Å². The van der Waals surface area contributed by atoms with Gasteiger partial charge in [-0.1, -0.05) is 32.1 Å². The van der Waals surface area contributed by atoms with E-state index in [-0.39, 0.29) is 0 Å². The molecule has 0 fully saturated rings. The zero-order valence-electron chi connectivity index (χ0n) is 14.8. The highest BCUT2D eigenvalue weighted by atomic mass is 16.5. The van der Waals surface area contributed by atoms with Crippen molar-refractivity contribution in [3.8, 4) is 22.6 Å². The van der Waals surface area contributed by atoms with Crippen LogP contribution >= 0.6 is 0 Å². The Balaban J connectivity index is 1.94. The van der Waals surface area contributed by atoms with Crippen LogP contribution in [-0.2, 0) is 0 Å². The van der Waals surface area contributed by atoms with Gasteiger partial charge in [-0.15, -0.1) is 0 Å². The second-order valence-electron chi connectivity index (χ2n) is 6.68. The number of ether oxygens (including phenoxy) is 2. The number of nitrogens with two attached hydrogens (primary N) is 2. The van der Waals surface area contributed by atoms with Gasteiger partial charge in [0.15, 0.2) is 0 Å². The summed E-state index contributed by atoms with van der Waals surface area (Å²) in [5.41, 5.74) is 15.4. The zero-order valence-corrected chi connectivity index (χ0v) is 14.8. The summed E-state index contributed by atoms with van der Waals surface area (Å²) < 4.78 is 12.1. The fraction of sp³-hybridized carbons (Fsp3) is 0.429. The molecule has 134 valence electrons. The van der Waals surface area contributed by atoms with Crippen molar-refractivity contribution < 1.29 is 9.47 Å². The Bertz CT molecular complexity index is 641. The largest absolute Gasteiger partial charge is 0.493 e. The Hall–Kier alpha value is -2.36. The summed E-state index contributed by atoms with van der Waals surface area (Å²) in [6.07, 6.45) is 8.38. The zero-order chi connectivity index (χ0) is 17.5. The van der Waals surface area contributed by atoms with Crippen LogP contribution in [0.1, 0.15) is 44.9 Å². The molecule has 0 aromatic heterocycles. The average molecular weight is 340 g/mol. The third-order valence-electron chi connectivity index (χ3n) is 4.61. The van der Waals surface area contributed by atoms with Gasteiger partial charge in [-0.05, 0) is 37.1 Å². The molecule has 4 N–H and O–H groups in total. The van der Waals surface area contributed by atoms with E-state index < -0.39 is 0 Å². The molecule has 2 aromatic carbocycles. The number of benzene rings is 2. The smallest absolute Gasteiger partial charge is 0.129 e. The first-order valence-corrected chi connectivity index (χ1v) is 9.29. The van der Waals surface area contributed by atoms with E-state index in [1.54, 1.807) is 0 Å². The van der Waals surface area contributed by atoms with E-state index in [1.807, 2.05) is 36.4 Å². The first-order chi connectivity index (χ1) is 12.2. The van der Waals surface area contributed by atoms with Crippen LogP contribution in [0.15, 0.2) is 36.4 Å². The molecular weight excluding hydrogens is 312 g/mol. The van der Waals surface area contributed by atoms with E-state index in [4.69, 9.17) is 20.9 Å². The van der Waals surface area contributed by atoms with Crippen LogP contribution in [0, 0.1) is 0 Å². The molecular formula is C21H28N2O2. The second-order valence-corrected chi connectivity index (χ2v) is 6.68. The Labute approximate surface area is 150 Å². The number of rotatable bonds is 0. The van der Waals surface area contributed by atoms with Crippen molar-refractivity contribution in [2.75, 3.05) is 24.7 Å². The van der Waals surface area contributed by atoms with E-state index in [9.17, 15) is 0 Å². The van der Waals surface area contributed by atoms with Crippen molar-refractivity contribution in [3.05, 3.63) is 36.4 Å². The Morgan fingerprint density at radius 2 is 0.960 bits per heavy atom. The van der Waals surface area contributed by atoms with E-state index in [0.29, 0.717) is 24.6 Å². The number of nitrogen functional groups attached to an aromatic ring is 2. The highest BCUT2D eigenvalue weighted by Crippen LogP contribution is 2.39. The molecule has 3 rings (SSSR count). The van der Waals surface area contributed by atoms with Crippen molar-refractivity contribution in [1.82, 2.24) is 0 Å². The number of anilines is 2. The lowest BCUT2D eigenvalue weighted by atomic mass is 10.0. The average Bonchev–Trinajstić information content (AvgIpc) is 2.60. The van der Waals surface area contributed by atoms with Gasteiger partial charge in [0.1, 0.15) is 11.5 Å². The summed E-state index contributed by atoms with van der Waals surface area (Å²) in [6, 6.07) is 11.6. The molecule has 0 radical (unpaired) electrons. The molecule has 1 aliphatic rings. The van der Waals surface area contributed by atoms with Crippen LogP contribution in [0.2, 0.25) is 0 Å². The third kappa shape index (κ3) is 4.81. The quantitative estimate of drug-likeness (QED) is 0.661. The maximum Gasteiger partial charge on any atom is 0.129 e. The van der Waals surface area contributed by atoms with Crippen LogP contribution in [0.25, 0.3) is 11.1 Å². The molecule has 2 aromatic rings. The fourth-order valence-corrected chi connectivity index (χ4v) is 3.21. The normalized spacial score (nSPS) is 16.3. The van der Waals surface area contributed by atoms with Crippen molar-refractivity contribution in [1.29, 1.82) is 0 Å². The SMILES string of the molecule is Nc1ccc2c(c1)OCCCCCCCCCOc1cc(N)ccc1-2. The van der Waals surface area contributed by atoms with Gasteiger partial charge >= 0.3 is 0 Å². The summed E-state index contributed by atoms with van der Waals surface area (Å²) >= 11 is 0. The molecule has 1 heterocycles. The minimum Gasteiger partial charge on any atom is -0.493 e. The van der Waals surface area contributed by atoms with Gasteiger partial charge in [-0.3, -0.25) is 0 Å². The van der Waals surface area contributed by atoms with Crippen LogP contribution in [0.3, 0.4) is 0 Å². The van der Waals surface area contributed by atoms with Crippen LogP contribution in [0.5, 0.6) is 11.5 Å². The van der Waals surface area contributed by atoms with Crippen molar-refractivity contribution in [2.24, 2.45) is 0 Å². The molecule has 4 heteroatoms. The lowest BCUT2D eigenvalue weighted by Gasteiger charge is -2.16. The lowest BCUT2D eigenvalue weighted by molar-refractivity contribution is 0.305. The molecule has 1 aliphatic heterocycles. The summed E-state index contributed by atoms with van der Waals surface area (Å²) in [4.78, 5) is 0. The van der Waals surface area contributed by atoms with E-state index in [1.165, 1.54) is 32.1 Å². The number of hydrogen-bond acceptors (Lipinski definition) is 4. The van der Waals surface area contributed by atoms with Crippen LogP contribution < -0.4 is 20.9 Å². The molecule has 0 aliphatic carbocycles. The summed E-state index contributed by atoms with van der Waals surface area (Å²) in [5.74, 6) is 1.62. The van der Waals surface area contributed by atoms with Crippen molar-refractivity contribution >= 4 is 11.4 Å².